The smallest absolute Gasteiger partial charge is 0.276 e. The summed E-state index contributed by atoms with van der Waals surface area (Å²) in [6.07, 6.45) is 2.14. The van der Waals surface area contributed by atoms with Gasteiger partial charge in [0.25, 0.3) is 11.8 Å². The second kappa shape index (κ2) is 7.16. The van der Waals surface area contributed by atoms with Crippen molar-refractivity contribution in [1.29, 1.82) is 0 Å². The van der Waals surface area contributed by atoms with E-state index in [1.165, 1.54) is 19.4 Å². The van der Waals surface area contributed by atoms with Gasteiger partial charge in [-0.3, -0.25) is 19.3 Å². The second-order valence-electron chi connectivity index (χ2n) is 7.96. The van der Waals surface area contributed by atoms with Crippen molar-refractivity contribution < 1.29 is 23.1 Å². The van der Waals surface area contributed by atoms with E-state index in [2.05, 4.69) is 10.2 Å². The third-order valence-electron chi connectivity index (χ3n) is 6.27. The molecular weight excluding hydrogens is 410 g/mol. The van der Waals surface area contributed by atoms with Crippen molar-refractivity contribution in [1.82, 2.24) is 19.7 Å². The first-order valence-corrected chi connectivity index (χ1v) is 9.99. The van der Waals surface area contributed by atoms with Crippen molar-refractivity contribution in [3.63, 3.8) is 0 Å². The molecule has 0 aliphatic carbocycles. The average Bonchev–Trinajstić information content (AvgIpc) is 3.35. The van der Waals surface area contributed by atoms with Crippen LogP contribution in [0.1, 0.15) is 32.8 Å². The molecule has 2 unspecified atom stereocenters. The molecule has 0 radical (unpaired) electrons. The molecule has 1 aromatic heterocycles. The maximum Gasteiger partial charge on any atom is 0.276 e. The lowest BCUT2D eigenvalue weighted by Gasteiger charge is -2.41. The summed E-state index contributed by atoms with van der Waals surface area (Å²) < 4.78 is 33.8. The molecule has 162 valence electrons. The Morgan fingerprint density at radius 3 is 2.81 bits per heavy atom. The van der Waals surface area contributed by atoms with Gasteiger partial charge in [-0.15, -0.1) is 0 Å². The van der Waals surface area contributed by atoms with Crippen LogP contribution < -0.4 is 15.5 Å². The summed E-state index contributed by atoms with van der Waals surface area (Å²) in [5.41, 5.74) is -0.691. The Morgan fingerprint density at radius 2 is 2.06 bits per heavy atom. The normalized spacial score (nSPS) is 23.5. The molecule has 0 spiro atoms. The Balaban J connectivity index is 1.47. The summed E-state index contributed by atoms with van der Waals surface area (Å²) in [6, 6.07) is 3.16. The van der Waals surface area contributed by atoms with Gasteiger partial charge in [0.2, 0.25) is 5.43 Å². The van der Waals surface area contributed by atoms with Crippen molar-refractivity contribution >= 4 is 11.8 Å². The number of hydrogen-bond acceptors (Lipinski definition) is 5. The lowest BCUT2D eigenvalue weighted by Crippen LogP contribution is -2.55. The minimum absolute atomic E-state index is 0.0837. The SMILES string of the molecule is COc1c2n(cc(C(=O)NCc3ccc(F)cc3F)c1=O)CC1N3CC[C@@H](C3)N1C2=O. The number of carbonyl (C=O) groups excluding carboxylic acids is 2. The highest BCUT2D eigenvalue weighted by Gasteiger charge is 2.50. The summed E-state index contributed by atoms with van der Waals surface area (Å²) in [6.45, 7) is 1.90. The van der Waals surface area contributed by atoms with Crippen molar-refractivity contribution in [2.24, 2.45) is 0 Å². The predicted octanol–water partition coefficient (Wildman–Crippen LogP) is 0.935. The molecular formula is C21H20F2N4O4. The summed E-state index contributed by atoms with van der Waals surface area (Å²) in [5, 5.41) is 2.48. The van der Waals surface area contributed by atoms with Gasteiger partial charge in [0, 0.05) is 43.5 Å². The van der Waals surface area contributed by atoms with Crippen LogP contribution >= 0.6 is 0 Å². The van der Waals surface area contributed by atoms with Crippen molar-refractivity contribution in [3.05, 3.63) is 63.1 Å². The van der Waals surface area contributed by atoms with Crippen LogP contribution in [-0.4, -0.2) is 58.6 Å². The molecule has 2 fully saturated rings. The minimum Gasteiger partial charge on any atom is -0.491 e. The van der Waals surface area contributed by atoms with E-state index in [1.54, 1.807) is 9.47 Å². The highest BCUT2D eigenvalue weighted by atomic mass is 19.1. The fourth-order valence-electron chi connectivity index (χ4n) is 4.78. The van der Waals surface area contributed by atoms with E-state index >= 15 is 0 Å². The Hall–Kier alpha value is -3.27. The Bertz CT molecular complexity index is 1160. The molecule has 2 bridgehead atoms. The van der Waals surface area contributed by atoms with Crippen LogP contribution in [0.5, 0.6) is 5.75 Å². The number of rotatable bonds is 4. The zero-order chi connectivity index (χ0) is 21.9. The highest BCUT2D eigenvalue weighted by Crippen LogP contribution is 2.36. The van der Waals surface area contributed by atoms with Gasteiger partial charge >= 0.3 is 0 Å². The molecule has 2 saturated heterocycles. The molecule has 3 aliphatic rings. The topological polar surface area (TPSA) is 83.9 Å². The number of methoxy groups -OCH3 is 1. The zero-order valence-corrected chi connectivity index (χ0v) is 16.7. The van der Waals surface area contributed by atoms with Gasteiger partial charge in [0.15, 0.2) is 11.4 Å². The number of fused-ring (bicyclic) bond motifs is 6. The molecule has 31 heavy (non-hydrogen) atoms. The number of carbonyl (C=O) groups is 2. The highest BCUT2D eigenvalue weighted by molar-refractivity contribution is 5.99. The number of amides is 2. The number of nitrogens with zero attached hydrogens (tertiary/aromatic N) is 3. The molecule has 1 aromatic carbocycles. The van der Waals surface area contributed by atoms with Crippen LogP contribution in [0.4, 0.5) is 8.78 Å². The lowest BCUT2D eigenvalue weighted by molar-refractivity contribution is 0.0318. The summed E-state index contributed by atoms with van der Waals surface area (Å²) in [7, 11) is 1.28. The van der Waals surface area contributed by atoms with Gasteiger partial charge in [-0.05, 0) is 12.5 Å². The number of ether oxygens (including phenoxy) is 1. The van der Waals surface area contributed by atoms with E-state index in [9.17, 15) is 23.2 Å². The average molecular weight is 430 g/mol. The minimum atomic E-state index is -0.795. The van der Waals surface area contributed by atoms with Crippen molar-refractivity contribution in [2.75, 3.05) is 20.2 Å². The van der Waals surface area contributed by atoms with E-state index in [0.717, 1.165) is 31.6 Å². The first-order valence-electron chi connectivity index (χ1n) is 9.99. The number of benzene rings is 1. The maximum atomic E-state index is 13.8. The van der Waals surface area contributed by atoms with E-state index in [-0.39, 0.29) is 47.2 Å². The van der Waals surface area contributed by atoms with Crippen molar-refractivity contribution in [2.45, 2.75) is 31.7 Å². The van der Waals surface area contributed by atoms with Crippen LogP contribution in [0.25, 0.3) is 0 Å². The third-order valence-corrected chi connectivity index (χ3v) is 6.27. The second-order valence-corrected chi connectivity index (χ2v) is 7.96. The number of pyridine rings is 1. The Kier molecular flexibility index (Phi) is 4.54. The van der Waals surface area contributed by atoms with Crippen LogP contribution in [0.2, 0.25) is 0 Å². The molecule has 8 nitrogen and oxygen atoms in total. The summed E-state index contributed by atoms with van der Waals surface area (Å²) in [5.74, 6) is -2.71. The fraction of sp³-hybridized carbons (Fsp3) is 0.381. The van der Waals surface area contributed by atoms with Crippen LogP contribution in [0, 0.1) is 11.6 Å². The molecule has 3 aliphatic heterocycles. The molecule has 1 N–H and O–H groups in total. The number of nitrogens with one attached hydrogen (secondary N) is 1. The van der Waals surface area contributed by atoms with Gasteiger partial charge in [0.05, 0.1) is 13.7 Å². The molecule has 2 amide bonds. The van der Waals surface area contributed by atoms with Crippen molar-refractivity contribution in [3.8, 4) is 5.75 Å². The Labute approximate surface area is 176 Å². The third kappa shape index (κ3) is 3.01. The lowest BCUT2D eigenvalue weighted by atomic mass is 10.1. The van der Waals surface area contributed by atoms with Gasteiger partial charge < -0.3 is 19.5 Å². The summed E-state index contributed by atoms with van der Waals surface area (Å²) >= 11 is 0. The molecule has 5 rings (SSSR count). The van der Waals surface area contributed by atoms with E-state index in [1.807, 2.05) is 0 Å². The maximum absolute atomic E-state index is 13.8. The van der Waals surface area contributed by atoms with Gasteiger partial charge in [-0.25, -0.2) is 8.78 Å². The first-order chi connectivity index (χ1) is 14.9. The fourth-order valence-corrected chi connectivity index (χ4v) is 4.78. The largest absolute Gasteiger partial charge is 0.491 e. The van der Waals surface area contributed by atoms with E-state index in [4.69, 9.17) is 4.74 Å². The van der Waals surface area contributed by atoms with Crippen LogP contribution in [0.15, 0.2) is 29.2 Å². The van der Waals surface area contributed by atoms with Gasteiger partial charge in [-0.1, -0.05) is 6.07 Å². The standard InChI is InChI=1S/C21H20F2N4O4/c1-31-19-17-21(30)27-13-4-5-25(8-13)16(27)10-26(17)9-14(18(19)28)20(29)24-7-11-2-3-12(22)6-15(11)23/h2-3,6,9,13,16H,4-5,7-8,10H2,1H3,(H,24,29)/t13-,16?/m0/s1. The number of hydrogen-bond donors (Lipinski definition) is 1. The zero-order valence-electron chi connectivity index (χ0n) is 16.7. The molecule has 3 atom stereocenters. The van der Waals surface area contributed by atoms with Crippen LogP contribution in [0.3, 0.4) is 0 Å². The van der Waals surface area contributed by atoms with Crippen LogP contribution in [-0.2, 0) is 13.1 Å². The first kappa shape index (κ1) is 19.7. The molecule has 4 heterocycles. The van der Waals surface area contributed by atoms with E-state index in [0.29, 0.717) is 6.54 Å². The molecule has 2 aromatic rings. The van der Waals surface area contributed by atoms with E-state index < -0.39 is 23.0 Å². The van der Waals surface area contributed by atoms with Gasteiger partial charge in [-0.2, -0.15) is 0 Å². The quantitative estimate of drug-likeness (QED) is 0.781. The summed E-state index contributed by atoms with van der Waals surface area (Å²) in [4.78, 5) is 42.8. The molecule has 0 saturated carbocycles. The number of halogens is 2. The number of aromatic nitrogens is 1. The predicted molar refractivity (Wildman–Crippen MR) is 105 cm³/mol. The Morgan fingerprint density at radius 1 is 1.26 bits per heavy atom. The monoisotopic (exact) mass is 430 g/mol. The molecule has 10 heteroatoms. The van der Waals surface area contributed by atoms with Gasteiger partial charge in [0.1, 0.15) is 23.4 Å².